The Morgan fingerprint density at radius 2 is 2.50 bits per heavy atom. The van der Waals surface area contributed by atoms with Crippen LogP contribution in [-0.4, -0.2) is 35.4 Å². The Labute approximate surface area is 92.2 Å². The molecule has 1 aromatic heterocycles. The summed E-state index contributed by atoms with van der Waals surface area (Å²) in [5.74, 6) is 0.583. The highest BCUT2D eigenvalue weighted by Gasteiger charge is 2.22. The Balaban J connectivity index is 1.82. The molecule has 0 bridgehead atoms. The van der Waals surface area contributed by atoms with E-state index in [0.717, 1.165) is 0 Å². The van der Waals surface area contributed by atoms with Crippen LogP contribution in [0.5, 0.6) is 5.75 Å². The average Bonchev–Trinajstić information content (AvgIpc) is 2.73. The van der Waals surface area contributed by atoms with Crippen LogP contribution in [0.25, 0.3) is 0 Å². The third kappa shape index (κ3) is 2.60. The molecule has 16 heavy (non-hydrogen) atoms. The number of carbonyl (C=O) groups is 1. The van der Waals surface area contributed by atoms with E-state index in [-0.39, 0.29) is 12.7 Å². The van der Waals surface area contributed by atoms with Gasteiger partial charge in [0, 0.05) is 0 Å². The second-order valence-corrected chi connectivity index (χ2v) is 3.36. The lowest BCUT2D eigenvalue weighted by atomic mass is 10.3. The van der Waals surface area contributed by atoms with Crippen molar-refractivity contribution in [1.29, 1.82) is 0 Å². The van der Waals surface area contributed by atoms with Crippen molar-refractivity contribution in [2.45, 2.75) is 12.7 Å². The van der Waals surface area contributed by atoms with E-state index >= 15 is 0 Å². The van der Waals surface area contributed by atoms with Gasteiger partial charge in [0.15, 0.2) is 6.10 Å². The number of carbonyl (C=O) groups excluding carboxylic acids is 1. The lowest BCUT2D eigenvalue weighted by Crippen LogP contribution is -2.21. The number of nitrogens with zero attached hydrogens (tertiary/aromatic N) is 1. The van der Waals surface area contributed by atoms with E-state index in [1.54, 1.807) is 12.1 Å². The van der Waals surface area contributed by atoms with Crippen LogP contribution in [0.2, 0.25) is 0 Å². The lowest BCUT2D eigenvalue weighted by molar-refractivity contribution is 0.104. The predicted molar refractivity (Wildman–Crippen MR) is 53.9 cm³/mol. The summed E-state index contributed by atoms with van der Waals surface area (Å²) in [6.07, 6.45) is 0.850. The number of nitrogens with one attached hydrogen (secondary N) is 1. The maximum absolute atomic E-state index is 10.7. The van der Waals surface area contributed by atoms with E-state index in [2.05, 4.69) is 10.3 Å². The number of ether oxygens (including phenoxy) is 2. The molecule has 1 saturated heterocycles. The zero-order valence-corrected chi connectivity index (χ0v) is 8.55. The summed E-state index contributed by atoms with van der Waals surface area (Å²) in [6.45, 7) is 0.657. The van der Waals surface area contributed by atoms with Crippen LogP contribution in [0, 0.1) is 0 Å². The molecule has 0 radical (unpaired) electrons. The lowest BCUT2D eigenvalue weighted by Gasteiger charge is -2.09. The minimum Gasteiger partial charge on any atom is -0.488 e. The molecule has 1 amide bonds. The quantitative estimate of drug-likeness (QED) is 0.756. The molecule has 1 aliphatic rings. The summed E-state index contributed by atoms with van der Waals surface area (Å²) in [7, 11) is 0. The molecular weight excluding hydrogens is 212 g/mol. The Hall–Kier alpha value is -1.82. The highest BCUT2D eigenvalue weighted by molar-refractivity contribution is 5.69. The van der Waals surface area contributed by atoms with Crippen molar-refractivity contribution in [3.05, 3.63) is 24.0 Å². The van der Waals surface area contributed by atoms with Crippen molar-refractivity contribution < 1.29 is 19.4 Å². The van der Waals surface area contributed by atoms with E-state index < -0.39 is 6.09 Å². The normalized spacial score (nSPS) is 19.1. The topological polar surface area (TPSA) is 80.7 Å². The predicted octanol–water partition coefficient (Wildman–Crippen LogP) is 0.0611. The first kappa shape index (κ1) is 10.7. The standard InChI is InChI=1S/C10H12N2O4/c13-5-7-1-2-8(3-11-7)15-6-9-4-12-10(14)16-9/h1-3,9,13H,4-6H2,(H,12,14). The van der Waals surface area contributed by atoms with Gasteiger partial charge >= 0.3 is 6.09 Å². The molecule has 6 heteroatoms. The summed E-state index contributed by atoms with van der Waals surface area (Å²) in [6, 6.07) is 3.39. The van der Waals surface area contributed by atoms with Crippen LogP contribution >= 0.6 is 0 Å². The van der Waals surface area contributed by atoms with Crippen molar-refractivity contribution in [3.63, 3.8) is 0 Å². The SMILES string of the molecule is O=C1NCC(COc2ccc(CO)nc2)O1. The Bertz CT molecular complexity index is 366. The third-order valence-electron chi connectivity index (χ3n) is 2.14. The number of aromatic nitrogens is 1. The highest BCUT2D eigenvalue weighted by Crippen LogP contribution is 2.10. The van der Waals surface area contributed by atoms with Gasteiger partial charge < -0.3 is 19.9 Å². The second-order valence-electron chi connectivity index (χ2n) is 3.36. The monoisotopic (exact) mass is 224 g/mol. The van der Waals surface area contributed by atoms with Gasteiger partial charge in [-0.25, -0.2) is 4.79 Å². The minimum absolute atomic E-state index is 0.0928. The molecule has 0 aliphatic carbocycles. The maximum atomic E-state index is 10.7. The fourth-order valence-corrected chi connectivity index (χ4v) is 1.30. The molecule has 2 heterocycles. The number of hydrogen-bond acceptors (Lipinski definition) is 5. The van der Waals surface area contributed by atoms with Gasteiger partial charge in [-0.1, -0.05) is 0 Å². The number of amides is 1. The van der Waals surface area contributed by atoms with Crippen molar-refractivity contribution in [2.75, 3.05) is 13.2 Å². The van der Waals surface area contributed by atoms with Crippen LogP contribution in [0.3, 0.4) is 0 Å². The molecule has 2 N–H and O–H groups in total. The van der Waals surface area contributed by atoms with E-state index in [1.165, 1.54) is 6.20 Å². The van der Waals surface area contributed by atoms with Gasteiger partial charge in [-0.05, 0) is 12.1 Å². The van der Waals surface area contributed by atoms with Crippen molar-refractivity contribution in [3.8, 4) is 5.75 Å². The van der Waals surface area contributed by atoms with Crippen LogP contribution in [0.4, 0.5) is 4.79 Å². The third-order valence-corrected chi connectivity index (χ3v) is 2.14. The van der Waals surface area contributed by atoms with E-state index in [1.807, 2.05) is 0 Å². The largest absolute Gasteiger partial charge is 0.488 e. The van der Waals surface area contributed by atoms with E-state index in [9.17, 15) is 4.79 Å². The molecule has 1 unspecified atom stereocenters. The Morgan fingerprint density at radius 1 is 1.62 bits per heavy atom. The number of hydrogen-bond donors (Lipinski definition) is 2. The smallest absolute Gasteiger partial charge is 0.407 e. The molecule has 1 aliphatic heterocycles. The molecule has 1 atom stereocenters. The summed E-state index contributed by atoms with van der Waals surface area (Å²) in [4.78, 5) is 14.7. The summed E-state index contributed by atoms with van der Waals surface area (Å²) in [5, 5.41) is 11.3. The van der Waals surface area contributed by atoms with Gasteiger partial charge in [-0.3, -0.25) is 4.98 Å². The van der Waals surface area contributed by atoms with Gasteiger partial charge in [0.25, 0.3) is 0 Å². The first-order valence-electron chi connectivity index (χ1n) is 4.91. The van der Waals surface area contributed by atoms with Gasteiger partial charge in [0.2, 0.25) is 0 Å². The molecule has 1 fully saturated rings. The number of pyridine rings is 1. The highest BCUT2D eigenvalue weighted by atomic mass is 16.6. The number of cyclic esters (lactones) is 1. The first-order valence-corrected chi connectivity index (χ1v) is 4.91. The van der Waals surface area contributed by atoms with E-state index in [0.29, 0.717) is 24.6 Å². The second kappa shape index (κ2) is 4.80. The fourth-order valence-electron chi connectivity index (χ4n) is 1.30. The summed E-state index contributed by atoms with van der Waals surface area (Å²) in [5.41, 5.74) is 0.585. The maximum Gasteiger partial charge on any atom is 0.407 e. The van der Waals surface area contributed by atoms with Crippen molar-refractivity contribution in [1.82, 2.24) is 10.3 Å². The fraction of sp³-hybridized carbons (Fsp3) is 0.400. The van der Waals surface area contributed by atoms with Gasteiger partial charge in [0.1, 0.15) is 12.4 Å². The summed E-state index contributed by atoms with van der Waals surface area (Å²) >= 11 is 0. The molecular formula is C10H12N2O4. The molecule has 0 saturated carbocycles. The van der Waals surface area contributed by atoms with Crippen LogP contribution < -0.4 is 10.1 Å². The summed E-state index contributed by atoms with van der Waals surface area (Å²) < 4.78 is 10.3. The van der Waals surface area contributed by atoms with E-state index in [4.69, 9.17) is 14.6 Å². The minimum atomic E-state index is -0.414. The van der Waals surface area contributed by atoms with Crippen molar-refractivity contribution in [2.24, 2.45) is 0 Å². The molecule has 0 aromatic carbocycles. The van der Waals surface area contributed by atoms with Crippen LogP contribution in [-0.2, 0) is 11.3 Å². The van der Waals surface area contributed by atoms with Gasteiger partial charge in [0.05, 0.1) is 25.0 Å². The molecule has 0 spiro atoms. The molecule has 2 rings (SSSR count). The number of aliphatic hydroxyl groups excluding tert-OH is 1. The number of alkyl carbamates (subject to hydrolysis) is 1. The van der Waals surface area contributed by atoms with Gasteiger partial charge in [-0.15, -0.1) is 0 Å². The Kier molecular flexibility index (Phi) is 3.21. The molecule has 1 aromatic rings. The molecule has 86 valence electrons. The van der Waals surface area contributed by atoms with Crippen LogP contribution in [0.1, 0.15) is 5.69 Å². The zero-order valence-electron chi connectivity index (χ0n) is 8.55. The number of rotatable bonds is 4. The van der Waals surface area contributed by atoms with Crippen molar-refractivity contribution >= 4 is 6.09 Å². The van der Waals surface area contributed by atoms with Gasteiger partial charge in [-0.2, -0.15) is 0 Å². The first-order chi connectivity index (χ1) is 7.78. The van der Waals surface area contributed by atoms with Crippen LogP contribution in [0.15, 0.2) is 18.3 Å². The molecule has 6 nitrogen and oxygen atoms in total. The average molecular weight is 224 g/mol. The zero-order chi connectivity index (χ0) is 11.4. The Morgan fingerprint density at radius 3 is 3.06 bits per heavy atom. The number of aliphatic hydroxyl groups is 1.